The second kappa shape index (κ2) is 12.4. The monoisotopic (exact) mass is 338 g/mol. The topological polar surface area (TPSA) is 26.3 Å². The van der Waals surface area contributed by atoms with E-state index in [1.807, 2.05) is 12.1 Å². The van der Waals surface area contributed by atoms with Gasteiger partial charge in [-0.2, -0.15) is 0 Å². The Bertz CT molecular complexity index is 445. The molecule has 0 amide bonds. The van der Waals surface area contributed by atoms with E-state index in [4.69, 9.17) is 16.3 Å². The Hall–Kier alpha value is -1.02. The third-order valence-corrected chi connectivity index (χ3v) is 4.44. The molecule has 0 aromatic heterocycles. The fourth-order valence-corrected chi connectivity index (χ4v) is 2.97. The summed E-state index contributed by atoms with van der Waals surface area (Å²) in [6, 6.07) is 7.08. The van der Waals surface area contributed by atoms with Crippen molar-refractivity contribution >= 4 is 17.6 Å². The fourth-order valence-electron chi connectivity index (χ4n) is 2.75. The molecule has 0 saturated heterocycles. The van der Waals surface area contributed by atoms with E-state index in [0.29, 0.717) is 10.6 Å². The molecule has 0 fully saturated rings. The zero-order valence-corrected chi connectivity index (χ0v) is 15.4. The van der Waals surface area contributed by atoms with Crippen molar-refractivity contribution in [3.63, 3.8) is 0 Å². The van der Waals surface area contributed by atoms with Crippen LogP contribution in [0.4, 0.5) is 0 Å². The lowest BCUT2D eigenvalue weighted by Crippen LogP contribution is -2.18. The van der Waals surface area contributed by atoms with Crippen molar-refractivity contribution in [2.75, 3.05) is 0 Å². The average Bonchev–Trinajstić information content (AvgIpc) is 2.54. The Kier molecular flexibility index (Phi) is 10.8. The summed E-state index contributed by atoms with van der Waals surface area (Å²) in [5, 5.41) is 0.462. The minimum Gasteiger partial charge on any atom is -0.459 e. The molecule has 0 saturated carbocycles. The number of esters is 1. The number of benzene rings is 1. The van der Waals surface area contributed by atoms with Gasteiger partial charge in [0.1, 0.15) is 6.10 Å². The summed E-state index contributed by atoms with van der Waals surface area (Å²) in [5.74, 6) is -0.294. The largest absolute Gasteiger partial charge is 0.459 e. The number of hydrogen-bond acceptors (Lipinski definition) is 2. The lowest BCUT2D eigenvalue weighted by atomic mass is 10.0. The Morgan fingerprint density at radius 3 is 2.26 bits per heavy atom. The van der Waals surface area contributed by atoms with Gasteiger partial charge in [-0.1, -0.05) is 82.5 Å². The van der Waals surface area contributed by atoms with E-state index in [2.05, 4.69) is 13.8 Å². The van der Waals surface area contributed by atoms with Gasteiger partial charge < -0.3 is 4.74 Å². The van der Waals surface area contributed by atoms with E-state index in [1.165, 1.54) is 38.5 Å². The van der Waals surface area contributed by atoms with Gasteiger partial charge in [-0.15, -0.1) is 0 Å². The first-order chi connectivity index (χ1) is 11.2. The normalized spacial score (nSPS) is 12.1. The second-order valence-electron chi connectivity index (χ2n) is 6.21. The van der Waals surface area contributed by atoms with Gasteiger partial charge in [0.2, 0.25) is 0 Å². The number of unbranched alkanes of at least 4 members (excludes halogenated alkanes) is 6. The number of carbonyl (C=O) groups is 1. The van der Waals surface area contributed by atoms with Crippen molar-refractivity contribution in [3.05, 3.63) is 34.9 Å². The molecule has 0 aliphatic carbocycles. The number of hydrogen-bond donors (Lipinski definition) is 0. The van der Waals surface area contributed by atoms with Crippen molar-refractivity contribution in [2.24, 2.45) is 0 Å². The summed E-state index contributed by atoms with van der Waals surface area (Å²) in [6.07, 6.45) is 11.9. The molecule has 1 unspecified atom stereocenters. The molecule has 0 heterocycles. The van der Waals surface area contributed by atoms with Crippen molar-refractivity contribution in [3.8, 4) is 0 Å². The number of rotatable bonds is 12. The zero-order chi connectivity index (χ0) is 16.9. The first kappa shape index (κ1) is 20.0. The average molecular weight is 339 g/mol. The molecule has 0 aliphatic rings. The highest BCUT2D eigenvalue weighted by molar-refractivity contribution is 6.33. The molecule has 23 heavy (non-hydrogen) atoms. The maximum atomic E-state index is 12.3. The van der Waals surface area contributed by atoms with Crippen LogP contribution in [0.1, 0.15) is 88.4 Å². The van der Waals surface area contributed by atoms with E-state index in [1.54, 1.807) is 12.1 Å². The molecule has 0 aliphatic heterocycles. The molecule has 2 nitrogen and oxygen atoms in total. The molecule has 1 rings (SSSR count). The van der Waals surface area contributed by atoms with Crippen LogP contribution in [0.2, 0.25) is 5.02 Å². The Morgan fingerprint density at radius 1 is 0.957 bits per heavy atom. The highest BCUT2D eigenvalue weighted by Crippen LogP contribution is 2.20. The van der Waals surface area contributed by atoms with Gasteiger partial charge in [0.15, 0.2) is 0 Å². The van der Waals surface area contributed by atoms with Crippen LogP contribution in [-0.2, 0) is 4.74 Å². The maximum Gasteiger partial charge on any atom is 0.339 e. The van der Waals surface area contributed by atoms with E-state index in [-0.39, 0.29) is 12.1 Å². The molecule has 0 spiro atoms. The number of carbonyl (C=O) groups excluding carboxylic acids is 1. The molecule has 1 atom stereocenters. The second-order valence-corrected chi connectivity index (χ2v) is 6.61. The predicted octanol–water partition coefficient (Wildman–Crippen LogP) is 6.81. The number of ether oxygens (including phenoxy) is 1. The van der Waals surface area contributed by atoms with E-state index in [9.17, 15) is 4.79 Å². The van der Waals surface area contributed by atoms with Gasteiger partial charge in [0.25, 0.3) is 0 Å². The van der Waals surface area contributed by atoms with E-state index in [0.717, 1.165) is 25.7 Å². The summed E-state index contributed by atoms with van der Waals surface area (Å²) < 4.78 is 5.68. The van der Waals surface area contributed by atoms with Crippen LogP contribution in [-0.4, -0.2) is 12.1 Å². The minimum atomic E-state index is -0.294. The Balaban J connectivity index is 2.34. The van der Waals surface area contributed by atoms with Crippen molar-refractivity contribution < 1.29 is 9.53 Å². The third kappa shape index (κ3) is 8.41. The van der Waals surface area contributed by atoms with Crippen LogP contribution in [0.25, 0.3) is 0 Å². The lowest BCUT2D eigenvalue weighted by Gasteiger charge is -2.17. The highest BCUT2D eigenvalue weighted by Gasteiger charge is 2.17. The molecule has 3 heteroatoms. The molecular weight excluding hydrogens is 308 g/mol. The summed E-state index contributed by atoms with van der Waals surface area (Å²) in [7, 11) is 0. The highest BCUT2D eigenvalue weighted by atomic mass is 35.5. The zero-order valence-electron chi connectivity index (χ0n) is 14.7. The fraction of sp³-hybridized carbons (Fsp3) is 0.650. The van der Waals surface area contributed by atoms with E-state index < -0.39 is 0 Å². The summed E-state index contributed by atoms with van der Waals surface area (Å²) in [4.78, 5) is 12.3. The molecule has 1 aromatic rings. The summed E-state index contributed by atoms with van der Waals surface area (Å²) in [6.45, 7) is 4.36. The van der Waals surface area contributed by atoms with Gasteiger partial charge >= 0.3 is 5.97 Å². The molecule has 0 bridgehead atoms. The Labute approximate surface area is 146 Å². The third-order valence-electron chi connectivity index (χ3n) is 4.11. The molecule has 0 radical (unpaired) electrons. The van der Waals surface area contributed by atoms with Crippen LogP contribution >= 0.6 is 11.6 Å². The molecule has 0 N–H and O–H groups in total. The van der Waals surface area contributed by atoms with Crippen LogP contribution in [0.5, 0.6) is 0 Å². The quantitative estimate of drug-likeness (QED) is 0.309. The van der Waals surface area contributed by atoms with Crippen LogP contribution in [0.3, 0.4) is 0 Å². The van der Waals surface area contributed by atoms with Crippen LogP contribution in [0.15, 0.2) is 24.3 Å². The predicted molar refractivity (Wildman–Crippen MR) is 98.2 cm³/mol. The van der Waals surface area contributed by atoms with Gasteiger partial charge in [-0.3, -0.25) is 0 Å². The summed E-state index contributed by atoms with van der Waals surface area (Å²) in [5.41, 5.74) is 0.467. The molecule has 1 aromatic carbocycles. The number of halogens is 1. The van der Waals surface area contributed by atoms with Gasteiger partial charge in [-0.25, -0.2) is 4.79 Å². The van der Waals surface area contributed by atoms with Gasteiger partial charge in [0.05, 0.1) is 10.6 Å². The molecular formula is C20H31ClO2. The summed E-state index contributed by atoms with van der Waals surface area (Å²) >= 11 is 6.07. The molecule has 130 valence electrons. The standard InChI is InChI=1S/C20H31ClO2/c1-3-5-6-7-8-9-10-14-17(13-4-2)23-20(22)18-15-11-12-16-19(18)21/h11-12,15-17H,3-10,13-14H2,1-2H3. The first-order valence-electron chi connectivity index (χ1n) is 9.14. The van der Waals surface area contributed by atoms with Gasteiger partial charge in [-0.05, 0) is 31.4 Å². The van der Waals surface area contributed by atoms with Crippen molar-refractivity contribution in [2.45, 2.75) is 84.2 Å². The van der Waals surface area contributed by atoms with Crippen LogP contribution in [0, 0.1) is 0 Å². The first-order valence-corrected chi connectivity index (χ1v) is 9.52. The lowest BCUT2D eigenvalue weighted by molar-refractivity contribution is 0.0254. The van der Waals surface area contributed by atoms with Crippen molar-refractivity contribution in [1.82, 2.24) is 0 Å². The van der Waals surface area contributed by atoms with Crippen molar-refractivity contribution in [1.29, 1.82) is 0 Å². The van der Waals surface area contributed by atoms with Gasteiger partial charge in [0, 0.05) is 0 Å². The minimum absolute atomic E-state index is 0.0133. The van der Waals surface area contributed by atoms with E-state index >= 15 is 0 Å². The smallest absolute Gasteiger partial charge is 0.339 e. The van der Waals surface area contributed by atoms with Crippen LogP contribution < -0.4 is 0 Å². The maximum absolute atomic E-state index is 12.3. The Morgan fingerprint density at radius 2 is 1.61 bits per heavy atom. The SMILES string of the molecule is CCCCCCCCCC(CCC)OC(=O)c1ccccc1Cl.